The van der Waals surface area contributed by atoms with Crippen molar-refractivity contribution in [1.82, 2.24) is 0 Å². The second-order valence-electron chi connectivity index (χ2n) is 9.27. The number of rotatable bonds is 1. The Morgan fingerprint density at radius 1 is 0.864 bits per heavy atom. The molecule has 4 saturated carbocycles. The van der Waals surface area contributed by atoms with Crippen molar-refractivity contribution in [3.8, 4) is 0 Å². The molecule has 2 nitrogen and oxygen atoms in total. The molecule has 0 saturated heterocycles. The highest BCUT2D eigenvalue weighted by molar-refractivity contribution is 5.79. The second kappa shape index (κ2) is 5.33. The summed E-state index contributed by atoms with van der Waals surface area (Å²) in [5.41, 5.74) is -0.404. The Kier molecular flexibility index (Phi) is 3.67. The summed E-state index contributed by atoms with van der Waals surface area (Å²) in [4.78, 5) is 11.9. The molecule has 4 aliphatic rings. The largest absolute Gasteiger partial charge is 0.390 e. The number of hydrogen-bond donors (Lipinski definition) is 1. The maximum atomic E-state index is 11.9. The lowest BCUT2D eigenvalue weighted by Gasteiger charge is -2.54. The molecule has 0 aliphatic heterocycles. The van der Waals surface area contributed by atoms with E-state index in [1.54, 1.807) is 0 Å². The van der Waals surface area contributed by atoms with Gasteiger partial charge in [0.2, 0.25) is 0 Å². The van der Waals surface area contributed by atoms with Crippen molar-refractivity contribution in [3.63, 3.8) is 0 Å². The van der Waals surface area contributed by atoms with Crippen LogP contribution in [-0.2, 0) is 4.79 Å². The van der Waals surface area contributed by atoms with Crippen molar-refractivity contribution in [2.75, 3.05) is 0 Å². The summed E-state index contributed by atoms with van der Waals surface area (Å²) in [5.74, 6) is 5.83. The summed E-state index contributed by atoms with van der Waals surface area (Å²) in [6.07, 6.45) is 11.1. The van der Waals surface area contributed by atoms with Crippen LogP contribution >= 0.6 is 0 Å². The molecule has 4 aliphatic carbocycles. The van der Waals surface area contributed by atoms with E-state index in [2.05, 4.69) is 0 Å². The van der Waals surface area contributed by atoms with Gasteiger partial charge in [0.05, 0.1) is 5.60 Å². The van der Waals surface area contributed by atoms with E-state index < -0.39 is 5.60 Å². The molecule has 0 radical (unpaired) electrons. The van der Waals surface area contributed by atoms with Crippen molar-refractivity contribution in [2.45, 2.75) is 77.2 Å². The third kappa shape index (κ3) is 2.37. The predicted molar refractivity (Wildman–Crippen MR) is 87.3 cm³/mol. The van der Waals surface area contributed by atoms with Gasteiger partial charge in [-0.05, 0) is 107 Å². The third-order valence-corrected chi connectivity index (χ3v) is 8.08. The Balaban J connectivity index is 1.51. The maximum absolute atomic E-state index is 11.9. The molecule has 0 spiro atoms. The molecule has 124 valence electrons. The molecule has 4 rings (SSSR count). The Hall–Kier alpha value is -0.370. The van der Waals surface area contributed by atoms with Crippen LogP contribution in [0.25, 0.3) is 0 Å². The third-order valence-electron chi connectivity index (χ3n) is 8.08. The number of carbonyl (C=O) groups is 1. The van der Waals surface area contributed by atoms with Crippen LogP contribution < -0.4 is 0 Å². The van der Waals surface area contributed by atoms with Crippen molar-refractivity contribution >= 4 is 5.78 Å². The molecule has 1 N–H and O–H groups in total. The molecule has 0 aromatic heterocycles. The van der Waals surface area contributed by atoms with Crippen LogP contribution in [0.1, 0.15) is 71.6 Å². The number of carbonyl (C=O) groups excluding carboxylic acids is 1. The molecule has 0 aromatic rings. The van der Waals surface area contributed by atoms with Crippen LogP contribution in [-0.4, -0.2) is 16.5 Å². The lowest BCUT2D eigenvalue weighted by atomic mass is 9.52. The lowest BCUT2D eigenvalue weighted by Crippen LogP contribution is -2.48. The van der Waals surface area contributed by atoms with E-state index in [0.29, 0.717) is 17.6 Å². The number of fused-ring (bicyclic) bond motifs is 5. The van der Waals surface area contributed by atoms with E-state index in [1.165, 1.54) is 38.5 Å². The monoisotopic (exact) mass is 304 g/mol. The topological polar surface area (TPSA) is 37.3 Å². The van der Waals surface area contributed by atoms with Gasteiger partial charge >= 0.3 is 0 Å². The van der Waals surface area contributed by atoms with Gasteiger partial charge in [0, 0.05) is 5.92 Å². The molecule has 0 heterocycles. The van der Waals surface area contributed by atoms with Gasteiger partial charge in [0.15, 0.2) is 0 Å². The van der Waals surface area contributed by atoms with Crippen LogP contribution in [0.4, 0.5) is 0 Å². The highest BCUT2D eigenvalue weighted by Crippen LogP contribution is 2.59. The van der Waals surface area contributed by atoms with E-state index in [4.69, 9.17) is 0 Å². The van der Waals surface area contributed by atoms with Crippen molar-refractivity contribution in [3.05, 3.63) is 0 Å². The summed E-state index contributed by atoms with van der Waals surface area (Å²) in [5, 5.41) is 10.4. The number of aliphatic hydroxyl groups is 1. The molecular weight excluding hydrogens is 272 g/mol. The fourth-order valence-electron chi connectivity index (χ4n) is 7.24. The number of Topliss-reactive ketones (excluding diaryl/α,β-unsaturated/α-hetero) is 1. The Morgan fingerprint density at radius 2 is 1.45 bits per heavy atom. The van der Waals surface area contributed by atoms with E-state index in [9.17, 15) is 9.90 Å². The standard InChI is InChI=1S/C20H32O2/c1-12(21)14-5-6-19-16(14)7-8-17-15-9-10-20(2,22)11-13(15)3-4-18(17)19/h13-19,22H,3-11H2,1-2H3/t13-,14+,15-,16+,17+,18+,19+,20+/m0/s1. The van der Waals surface area contributed by atoms with Gasteiger partial charge in [0.1, 0.15) is 5.78 Å². The number of ketones is 1. The minimum atomic E-state index is -0.404. The first-order valence-electron chi connectivity index (χ1n) is 9.69. The molecule has 22 heavy (non-hydrogen) atoms. The Bertz CT molecular complexity index is 455. The summed E-state index contributed by atoms with van der Waals surface area (Å²) in [7, 11) is 0. The molecule has 0 amide bonds. The Morgan fingerprint density at radius 3 is 2.23 bits per heavy atom. The minimum absolute atomic E-state index is 0.385. The van der Waals surface area contributed by atoms with Gasteiger partial charge in [0.25, 0.3) is 0 Å². The van der Waals surface area contributed by atoms with Crippen LogP contribution in [0.2, 0.25) is 0 Å². The normalized spacial score (nSPS) is 54.2. The second-order valence-corrected chi connectivity index (χ2v) is 9.27. The summed E-state index contributed by atoms with van der Waals surface area (Å²) < 4.78 is 0. The van der Waals surface area contributed by atoms with Gasteiger partial charge in [-0.25, -0.2) is 0 Å². The first kappa shape index (κ1) is 15.2. The fourth-order valence-corrected chi connectivity index (χ4v) is 7.24. The van der Waals surface area contributed by atoms with Gasteiger partial charge in [-0.15, -0.1) is 0 Å². The fraction of sp³-hybridized carbons (Fsp3) is 0.950. The first-order valence-corrected chi connectivity index (χ1v) is 9.69. The van der Waals surface area contributed by atoms with E-state index in [0.717, 1.165) is 48.9 Å². The van der Waals surface area contributed by atoms with Crippen LogP contribution in [0.3, 0.4) is 0 Å². The smallest absolute Gasteiger partial charge is 0.133 e. The van der Waals surface area contributed by atoms with Crippen molar-refractivity contribution in [2.24, 2.45) is 41.4 Å². The molecule has 4 fully saturated rings. The minimum Gasteiger partial charge on any atom is -0.390 e. The average Bonchev–Trinajstić information content (AvgIpc) is 2.89. The van der Waals surface area contributed by atoms with Crippen LogP contribution in [0.5, 0.6) is 0 Å². The van der Waals surface area contributed by atoms with Crippen LogP contribution in [0.15, 0.2) is 0 Å². The van der Waals surface area contributed by atoms with Gasteiger partial charge in [-0.1, -0.05) is 0 Å². The first-order chi connectivity index (χ1) is 10.5. The maximum Gasteiger partial charge on any atom is 0.133 e. The molecule has 0 aromatic carbocycles. The molecule has 0 unspecified atom stereocenters. The summed E-state index contributed by atoms with van der Waals surface area (Å²) in [6.45, 7) is 3.86. The number of hydrogen-bond acceptors (Lipinski definition) is 2. The van der Waals surface area contributed by atoms with Crippen molar-refractivity contribution in [1.29, 1.82) is 0 Å². The summed E-state index contributed by atoms with van der Waals surface area (Å²) in [6, 6.07) is 0. The molecule has 0 bridgehead atoms. The molecular formula is C20H32O2. The zero-order valence-electron chi connectivity index (χ0n) is 14.3. The lowest BCUT2D eigenvalue weighted by molar-refractivity contribution is -0.124. The zero-order chi connectivity index (χ0) is 15.5. The highest BCUT2D eigenvalue weighted by atomic mass is 16.3. The van der Waals surface area contributed by atoms with E-state index in [1.807, 2.05) is 13.8 Å². The van der Waals surface area contributed by atoms with Gasteiger partial charge in [-0.2, -0.15) is 0 Å². The molecule has 8 atom stereocenters. The average molecular weight is 304 g/mol. The predicted octanol–water partition coefficient (Wildman–Crippen LogP) is 4.21. The SMILES string of the molecule is CC(=O)[C@H]1CC[C@H]2[C@@H]3CC[C@H]4C[C@](C)(O)CC[C@@H]4[C@H]3CC[C@@H]21. The van der Waals surface area contributed by atoms with Crippen molar-refractivity contribution < 1.29 is 9.90 Å². The van der Waals surface area contributed by atoms with Gasteiger partial charge < -0.3 is 5.11 Å². The van der Waals surface area contributed by atoms with E-state index >= 15 is 0 Å². The van der Waals surface area contributed by atoms with Gasteiger partial charge in [-0.3, -0.25) is 4.79 Å². The van der Waals surface area contributed by atoms with E-state index in [-0.39, 0.29) is 0 Å². The Labute approximate surface area is 135 Å². The quantitative estimate of drug-likeness (QED) is 0.788. The highest BCUT2D eigenvalue weighted by Gasteiger charge is 2.53. The molecule has 2 heteroatoms. The zero-order valence-corrected chi connectivity index (χ0v) is 14.3. The summed E-state index contributed by atoms with van der Waals surface area (Å²) >= 11 is 0. The van der Waals surface area contributed by atoms with Crippen LogP contribution in [0, 0.1) is 41.4 Å².